The number of anilines is 3. The van der Waals surface area contributed by atoms with Crippen molar-refractivity contribution in [2.24, 2.45) is 0 Å². The van der Waals surface area contributed by atoms with Gasteiger partial charge in [0.2, 0.25) is 0 Å². The zero-order valence-corrected chi connectivity index (χ0v) is 20.7. The number of ketones is 1. The Hall–Kier alpha value is -3.87. The van der Waals surface area contributed by atoms with Crippen molar-refractivity contribution in [1.29, 1.82) is 0 Å². The predicted octanol–water partition coefficient (Wildman–Crippen LogP) is 6.25. The molecule has 1 N–H and O–H groups in total. The van der Waals surface area contributed by atoms with Gasteiger partial charge in [-0.15, -0.1) is 0 Å². The Balaban J connectivity index is 1.29. The third-order valence-electron chi connectivity index (χ3n) is 8.16. The van der Waals surface area contributed by atoms with Gasteiger partial charge in [0, 0.05) is 54.7 Å². The van der Waals surface area contributed by atoms with Crippen molar-refractivity contribution in [3.63, 3.8) is 0 Å². The minimum absolute atomic E-state index is 0.0299. The van der Waals surface area contributed by atoms with Crippen molar-refractivity contribution >= 4 is 33.7 Å². The zero-order valence-electron chi connectivity index (χ0n) is 20.7. The van der Waals surface area contributed by atoms with Crippen LogP contribution in [0.3, 0.4) is 0 Å². The lowest BCUT2D eigenvalue weighted by Crippen LogP contribution is -2.46. The molecule has 0 radical (unpaired) electrons. The van der Waals surface area contributed by atoms with E-state index in [2.05, 4.69) is 26.3 Å². The van der Waals surface area contributed by atoms with Crippen LogP contribution in [0, 0.1) is 5.82 Å². The Morgan fingerprint density at radius 1 is 0.892 bits per heavy atom. The molecular formula is C30H29FN4O2. The SMILES string of the molecule is O=C1c2ccccc2-c2onc3c(N4CCN(c5ccc(F)cc5)CC4)cc(NC4CCCCC4)c1c23. The third kappa shape index (κ3) is 3.76. The van der Waals surface area contributed by atoms with E-state index < -0.39 is 0 Å². The summed E-state index contributed by atoms with van der Waals surface area (Å²) in [5, 5.41) is 9.10. The molecule has 7 rings (SSSR count). The lowest BCUT2D eigenvalue weighted by molar-refractivity contribution is 0.104. The second-order valence-electron chi connectivity index (χ2n) is 10.4. The summed E-state index contributed by atoms with van der Waals surface area (Å²) in [4.78, 5) is 18.4. The van der Waals surface area contributed by atoms with E-state index in [0.717, 1.165) is 72.5 Å². The number of piperazine rings is 1. The molecule has 1 saturated carbocycles. The molecule has 2 aliphatic carbocycles. The normalized spacial score (nSPS) is 17.8. The van der Waals surface area contributed by atoms with Gasteiger partial charge in [0.05, 0.1) is 16.6 Å². The number of halogens is 1. The smallest absolute Gasteiger partial charge is 0.196 e. The van der Waals surface area contributed by atoms with Gasteiger partial charge in [0.15, 0.2) is 11.5 Å². The fourth-order valence-corrected chi connectivity index (χ4v) is 6.22. The number of carbonyl (C=O) groups is 1. The molecule has 1 aromatic heterocycles. The molecule has 0 unspecified atom stereocenters. The summed E-state index contributed by atoms with van der Waals surface area (Å²) in [6, 6.07) is 16.8. The fourth-order valence-electron chi connectivity index (χ4n) is 6.22. The van der Waals surface area contributed by atoms with Crippen molar-refractivity contribution < 1.29 is 13.7 Å². The Morgan fingerprint density at radius 3 is 2.35 bits per heavy atom. The van der Waals surface area contributed by atoms with Gasteiger partial charge in [-0.3, -0.25) is 4.79 Å². The average molecular weight is 497 g/mol. The van der Waals surface area contributed by atoms with Crippen molar-refractivity contribution in [3.05, 3.63) is 71.5 Å². The zero-order chi connectivity index (χ0) is 24.9. The molecule has 6 nitrogen and oxygen atoms in total. The molecule has 0 atom stereocenters. The molecule has 1 aliphatic heterocycles. The highest BCUT2D eigenvalue weighted by Gasteiger charge is 2.34. The molecule has 0 bridgehead atoms. The summed E-state index contributed by atoms with van der Waals surface area (Å²) < 4.78 is 19.4. The van der Waals surface area contributed by atoms with Crippen molar-refractivity contribution in [2.75, 3.05) is 41.3 Å². The summed E-state index contributed by atoms with van der Waals surface area (Å²) in [7, 11) is 0. The minimum Gasteiger partial charge on any atom is -0.382 e. The van der Waals surface area contributed by atoms with Gasteiger partial charge >= 0.3 is 0 Å². The highest BCUT2D eigenvalue weighted by Crippen LogP contribution is 2.46. The molecule has 2 fully saturated rings. The number of carbonyl (C=O) groups excluding carboxylic acids is 1. The van der Waals surface area contributed by atoms with Gasteiger partial charge < -0.3 is 19.6 Å². The molecule has 0 spiro atoms. The monoisotopic (exact) mass is 496 g/mol. The molecule has 4 aromatic rings. The molecule has 3 aliphatic rings. The first-order valence-corrected chi connectivity index (χ1v) is 13.3. The number of aromatic nitrogens is 1. The maximum Gasteiger partial charge on any atom is 0.196 e. The summed E-state index contributed by atoms with van der Waals surface area (Å²) >= 11 is 0. The van der Waals surface area contributed by atoms with Crippen LogP contribution in [-0.2, 0) is 0 Å². The number of benzene rings is 3. The molecule has 1 saturated heterocycles. The van der Waals surface area contributed by atoms with Crippen molar-refractivity contribution in [1.82, 2.24) is 5.16 Å². The van der Waals surface area contributed by atoms with Crippen LogP contribution in [0.5, 0.6) is 0 Å². The maximum atomic E-state index is 13.8. The van der Waals surface area contributed by atoms with Gasteiger partial charge in [-0.2, -0.15) is 0 Å². The van der Waals surface area contributed by atoms with Gasteiger partial charge in [-0.05, 0) is 43.2 Å². The van der Waals surface area contributed by atoms with E-state index in [-0.39, 0.29) is 11.6 Å². The molecule has 7 heteroatoms. The highest BCUT2D eigenvalue weighted by atomic mass is 19.1. The number of nitrogens with one attached hydrogen (secondary N) is 1. The second-order valence-corrected chi connectivity index (χ2v) is 10.4. The average Bonchev–Trinajstić information content (AvgIpc) is 3.38. The molecule has 37 heavy (non-hydrogen) atoms. The Labute approximate surface area is 215 Å². The number of nitrogens with zero attached hydrogens (tertiary/aromatic N) is 3. The first-order valence-electron chi connectivity index (χ1n) is 13.3. The summed E-state index contributed by atoms with van der Waals surface area (Å²) in [5.74, 6) is 0.489. The van der Waals surface area contributed by atoms with E-state index in [0.29, 0.717) is 22.9 Å². The highest BCUT2D eigenvalue weighted by molar-refractivity contribution is 6.28. The minimum atomic E-state index is -0.220. The lowest BCUT2D eigenvalue weighted by atomic mass is 9.85. The van der Waals surface area contributed by atoms with Crippen LogP contribution in [0.4, 0.5) is 21.5 Å². The van der Waals surface area contributed by atoms with E-state index in [4.69, 9.17) is 4.52 Å². The first-order chi connectivity index (χ1) is 18.2. The summed E-state index contributed by atoms with van der Waals surface area (Å²) in [6.07, 6.45) is 5.93. The fraction of sp³-hybridized carbons (Fsp3) is 0.333. The molecule has 2 heterocycles. The van der Waals surface area contributed by atoms with Crippen LogP contribution in [0.1, 0.15) is 48.0 Å². The van der Waals surface area contributed by atoms with E-state index in [1.54, 1.807) is 0 Å². The second kappa shape index (κ2) is 8.91. The molecule has 3 aromatic carbocycles. The van der Waals surface area contributed by atoms with Gasteiger partial charge in [0.1, 0.15) is 11.3 Å². The van der Waals surface area contributed by atoms with Gasteiger partial charge in [0.25, 0.3) is 0 Å². The number of fused-ring (bicyclic) bond motifs is 2. The van der Waals surface area contributed by atoms with Crippen LogP contribution >= 0.6 is 0 Å². The first kappa shape index (κ1) is 22.3. The Bertz CT molecular complexity index is 1480. The quantitative estimate of drug-likeness (QED) is 0.317. The summed E-state index contributed by atoms with van der Waals surface area (Å²) in [6.45, 7) is 3.21. The lowest BCUT2D eigenvalue weighted by Gasteiger charge is -2.38. The number of hydrogen-bond donors (Lipinski definition) is 1. The topological polar surface area (TPSA) is 61.6 Å². The Kier molecular flexibility index (Phi) is 5.38. The number of hydrogen-bond acceptors (Lipinski definition) is 6. The number of rotatable bonds is 4. The summed E-state index contributed by atoms with van der Waals surface area (Å²) in [5.41, 5.74) is 5.82. The van der Waals surface area contributed by atoms with Gasteiger partial charge in [-0.1, -0.05) is 48.7 Å². The van der Waals surface area contributed by atoms with E-state index in [1.165, 1.54) is 31.4 Å². The van der Waals surface area contributed by atoms with Crippen LogP contribution in [0.15, 0.2) is 59.1 Å². The van der Waals surface area contributed by atoms with E-state index >= 15 is 0 Å². The maximum absolute atomic E-state index is 13.8. The van der Waals surface area contributed by atoms with Gasteiger partial charge in [-0.25, -0.2) is 4.39 Å². The van der Waals surface area contributed by atoms with Crippen LogP contribution < -0.4 is 15.1 Å². The standard InChI is InChI=1S/C30H29FN4O2/c31-19-10-12-21(13-11-19)34-14-16-35(17-15-34)25-18-24(32-20-6-2-1-3-7-20)26-27-28(25)33-37-30(27)23-9-5-4-8-22(23)29(26)36/h4-5,8-13,18,20,32H,1-3,6-7,14-17H2. The van der Waals surface area contributed by atoms with Crippen molar-refractivity contribution in [2.45, 2.75) is 38.1 Å². The van der Waals surface area contributed by atoms with Crippen molar-refractivity contribution in [3.8, 4) is 11.3 Å². The molecule has 0 amide bonds. The molecule has 188 valence electrons. The van der Waals surface area contributed by atoms with Crippen LogP contribution in [0.2, 0.25) is 0 Å². The molecular weight excluding hydrogens is 467 g/mol. The third-order valence-corrected chi connectivity index (χ3v) is 8.16. The largest absolute Gasteiger partial charge is 0.382 e. The predicted molar refractivity (Wildman–Crippen MR) is 144 cm³/mol. The van der Waals surface area contributed by atoms with Crippen LogP contribution in [0.25, 0.3) is 22.2 Å². The van der Waals surface area contributed by atoms with Crippen LogP contribution in [-0.4, -0.2) is 43.2 Å². The van der Waals surface area contributed by atoms with E-state index in [1.807, 2.05) is 36.4 Å². The van der Waals surface area contributed by atoms with E-state index in [9.17, 15) is 9.18 Å². The Morgan fingerprint density at radius 2 is 1.59 bits per heavy atom.